The number of benzene rings is 1. The van der Waals surface area contributed by atoms with Crippen LogP contribution in [0.25, 0.3) is 0 Å². The maximum atomic E-state index is 2.30. The first-order valence-electron chi connectivity index (χ1n) is 7.71. The number of allylic oxidation sites excluding steroid dienone is 4. The monoisotopic (exact) mass is 254 g/mol. The van der Waals surface area contributed by atoms with Crippen molar-refractivity contribution in [3.05, 3.63) is 59.7 Å². The highest BCUT2D eigenvalue weighted by Gasteiger charge is 2.12. The van der Waals surface area contributed by atoms with Gasteiger partial charge in [-0.25, -0.2) is 0 Å². The molecule has 0 aromatic heterocycles. The van der Waals surface area contributed by atoms with Gasteiger partial charge in [0, 0.05) is 0 Å². The molecular formula is C19H26. The van der Waals surface area contributed by atoms with Gasteiger partial charge in [-0.1, -0.05) is 86.2 Å². The molecule has 0 spiro atoms. The molecule has 1 aliphatic carbocycles. The SMILES string of the molecule is C/C(=C\C=C/Cc1ccccc1)CC1CCCCC1. The van der Waals surface area contributed by atoms with Gasteiger partial charge in [0.15, 0.2) is 0 Å². The molecule has 0 heteroatoms. The second-order valence-electron chi connectivity index (χ2n) is 5.84. The largest absolute Gasteiger partial charge is 0.0801 e. The Bertz CT molecular complexity index is 405. The summed E-state index contributed by atoms with van der Waals surface area (Å²) in [5.41, 5.74) is 2.92. The molecule has 0 amide bonds. The number of hydrogen-bond donors (Lipinski definition) is 0. The van der Waals surface area contributed by atoms with E-state index < -0.39 is 0 Å². The molecule has 0 heterocycles. The Balaban J connectivity index is 1.74. The van der Waals surface area contributed by atoms with Gasteiger partial charge in [-0.15, -0.1) is 0 Å². The first kappa shape index (κ1) is 14.1. The summed E-state index contributed by atoms with van der Waals surface area (Å²) in [7, 11) is 0. The summed E-state index contributed by atoms with van der Waals surface area (Å²) in [5.74, 6) is 0.951. The van der Waals surface area contributed by atoms with Crippen LogP contribution in [0.3, 0.4) is 0 Å². The van der Waals surface area contributed by atoms with E-state index in [1.807, 2.05) is 0 Å². The van der Waals surface area contributed by atoms with Gasteiger partial charge < -0.3 is 0 Å². The lowest BCUT2D eigenvalue weighted by Crippen LogP contribution is -2.06. The fraction of sp³-hybridized carbons (Fsp3) is 0.474. The maximum Gasteiger partial charge on any atom is -0.00943 e. The van der Waals surface area contributed by atoms with Crippen molar-refractivity contribution in [2.45, 2.75) is 51.9 Å². The first-order valence-corrected chi connectivity index (χ1v) is 7.71. The van der Waals surface area contributed by atoms with E-state index in [1.54, 1.807) is 0 Å². The lowest BCUT2D eigenvalue weighted by atomic mass is 9.85. The van der Waals surface area contributed by atoms with Crippen LogP contribution in [0.5, 0.6) is 0 Å². The van der Waals surface area contributed by atoms with Crippen molar-refractivity contribution in [2.75, 3.05) is 0 Å². The first-order chi connectivity index (χ1) is 9.34. The molecule has 1 aromatic rings. The molecule has 0 aliphatic heterocycles. The highest BCUT2D eigenvalue weighted by atomic mass is 14.2. The predicted molar refractivity (Wildman–Crippen MR) is 84.2 cm³/mol. The van der Waals surface area contributed by atoms with Gasteiger partial charge >= 0.3 is 0 Å². The zero-order valence-corrected chi connectivity index (χ0v) is 12.1. The molecule has 0 nitrogen and oxygen atoms in total. The fourth-order valence-electron chi connectivity index (χ4n) is 2.97. The van der Waals surface area contributed by atoms with Crippen LogP contribution in [-0.2, 0) is 6.42 Å². The van der Waals surface area contributed by atoms with Crippen LogP contribution in [0, 0.1) is 5.92 Å². The third-order valence-electron chi connectivity index (χ3n) is 4.05. The third kappa shape index (κ3) is 5.46. The minimum absolute atomic E-state index is 0.951. The molecule has 0 radical (unpaired) electrons. The van der Waals surface area contributed by atoms with E-state index in [1.165, 1.54) is 49.7 Å². The predicted octanol–water partition coefficient (Wildman–Crippen LogP) is 5.70. The second kappa shape index (κ2) is 7.99. The van der Waals surface area contributed by atoms with E-state index in [0.717, 1.165) is 12.3 Å². The molecule has 102 valence electrons. The molecule has 1 fully saturated rings. The summed E-state index contributed by atoms with van der Waals surface area (Å²) in [4.78, 5) is 0. The maximum absolute atomic E-state index is 2.30. The van der Waals surface area contributed by atoms with E-state index >= 15 is 0 Å². The van der Waals surface area contributed by atoms with Gasteiger partial charge in [0.05, 0.1) is 0 Å². The minimum Gasteiger partial charge on any atom is -0.0801 e. The molecule has 0 unspecified atom stereocenters. The van der Waals surface area contributed by atoms with Crippen LogP contribution in [0.4, 0.5) is 0 Å². The summed E-state index contributed by atoms with van der Waals surface area (Å²) in [5, 5.41) is 0. The van der Waals surface area contributed by atoms with Crippen LogP contribution in [0.1, 0.15) is 51.0 Å². The van der Waals surface area contributed by atoms with Crippen LogP contribution < -0.4 is 0 Å². The minimum atomic E-state index is 0.951. The van der Waals surface area contributed by atoms with Gasteiger partial charge in [0.2, 0.25) is 0 Å². The highest BCUT2D eigenvalue weighted by Crippen LogP contribution is 2.28. The molecule has 1 aliphatic rings. The van der Waals surface area contributed by atoms with Crippen molar-refractivity contribution in [3.63, 3.8) is 0 Å². The standard InChI is InChI=1S/C19H26/c1-17(16-19-14-6-3-7-15-19)10-8-9-13-18-11-4-2-5-12-18/h2,4-5,8-12,19H,3,6-7,13-16H2,1H3/b9-8-,17-10+. The Morgan fingerprint density at radius 1 is 1.11 bits per heavy atom. The van der Waals surface area contributed by atoms with Gasteiger partial charge in [0.1, 0.15) is 0 Å². The van der Waals surface area contributed by atoms with Crippen molar-refractivity contribution >= 4 is 0 Å². The lowest BCUT2D eigenvalue weighted by molar-refractivity contribution is 0.356. The van der Waals surface area contributed by atoms with Gasteiger partial charge in [0.25, 0.3) is 0 Å². The molecule has 0 bridgehead atoms. The summed E-state index contributed by atoms with van der Waals surface area (Å²) in [6, 6.07) is 10.6. The summed E-state index contributed by atoms with van der Waals surface area (Å²) < 4.78 is 0. The number of hydrogen-bond acceptors (Lipinski definition) is 0. The Labute approximate surface area is 118 Å². The third-order valence-corrected chi connectivity index (χ3v) is 4.05. The normalized spacial score (nSPS) is 18.1. The molecular weight excluding hydrogens is 228 g/mol. The Hall–Kier alpha value is -1.30. The molecule has 2 rings (SSSR count). The van der Waals surface area contributed by atoms with Gasteiger partial charge in [-0.2, -0.15) is 0 Å². The molecule has 19 heavy (non-hydrogen) atoms. The Morgan fingerprint density at radius 2 is 1.84 bits per heavy atom. The van der Waals surface area contributed by atoms with Gasteiger partial charge in [-0.3, -0.25) is 0 Å². The molecule has 1 aromatic carbocycles. The summed E-state index contributed by atoms with van der Waals surface area (Å²) >= 11 is 0. The second-order valence-corrected chi connectivity index (χ2v) is 5.84. The topological polar surface area (TPSA) is 0 Å². The Morgan fingerprint density at radius 3 is 2.58 bits per heavy atom. The lowest BCUT2D eigenvalue weighted by Gasteiger charge is -2.21. The van der Waals surface area contributed by atoms with Crippen LogP contribution in [0.15, 0.2) is 54.1 Å². The van der Waals surface area contributed by atoms with Crippen molar-refractivity contribution in [1.82, 2.24) is 0 Å². The van der Waals surface area contributed by atoms with E-state index in [-0.39, 0.29) is 0 Å². The highest BCUT2D eigenvalue weighted by molar-refractivity contribution is 5.19. The summed E-state index contributed by atoms with van der Waals surface area (Å²) in [6.07, 6.45) is 16.4. The number of rotatable bonds is 5. The van der Waals surface area contributed by atoms with E-state index in [4.69, 9.17) is 0 Å². The smallest absolute Gasteiger partial charge is 0.00943 e. The quantitative estimate of drug-likeness (QED) is 0.591. The van der Waals surface area contributed by atoms with Crippen molar-refractivity contribution < 1.29 is 0 Å². The van der Waals surface area contributed by atoms with Gasteiger partial charge in [-0.05, 0) is 31.2 Å². The summed E-state index contributed by atoms with van der Waals surface area (Å²) in [6.45, 7) is 2.28. The van der Waals surface area contributed by atoms with Crippen LogP contribution >= 0.6 is 0 Å². The molecule has 0 atom stereocenters. The molecule has 0 N–H and O–H groups in total. The van der Waals surface area contributed by atoms with E-state index in [9.17, 15) is 0 Å². The van der Waals surface area contributed by atoms with Crippen LogP contribution in [-0.4, -0.2) is 0 Å². The van der Waals surface area contributed by atoms with Crippen molar-refractivity contribution in [1.29, 1.82) is 0 Å². The Kier molecular flexibility index (Phi) is 5.94. The molecule has 0 saturated heterocycles. The average Bonchev–Trinajstić information content (AvgIpc) is 2.46. The average molecular weight is 254 g/mol. The molecule has 1 saturated carbocycles. The van der Waals surface area contributed by atoms with Crippen molar-refractivity contribution in [2.24, 2.45) is 5.92 Å². The zero-order valence-electron chi connectivity index (χ0n) is 12.1. The van der Waals surface area contributed by atoms with E-state index in [2.05, 4.69) is 55.5 Å². The fourth-order valence-corrected chi connectivity index (χ4v) is 2.97. The van der Waals surface area contributed by atoms with Crippen molar-refractivity contribution in [3.8, 4) is 0 Å². The zero-order chi connectivity index (χ0) is 13.3. The van der Waals surface area contributed by atoms with Crippen LogP contribution in [0.2, 0.25) is 0 Å². The van der Waals surface area contributed by atoms with E-state index in [0.29, 0.717) is 0 Å².